The summed E-state index contributed by atoms with van der Waals surface area (Å²) in [5, 5.41) is 0. The molecule has 1 aliphatic heterocycles. The van der Waals surface area contributed by atoms with Crippen LogP contribution in [0.5, 0.6) is 0 Å². The smallest absolute Gasteiger partial charge is 0.410 e. The molecule has 0 aromatic rings. The molecule has 0 spiro atoms. The molecule has 0 aromatic carbocycles. The Morgan fingerprint density at radius 3 is 2.00 bits per heavy atom. The zero-order valence-corrected chi connectivity index (χ0v) is 9.55. The van der Waals surface area contributed by atoms with Crippen LogP contribution < -0.4 is 0 Å². The average Bonchev–Trinajstić information content (AvgIpc) is 2.33. The number of amides is 1. The predicted octanol–water partition coefficient (Wildman–Crippen LogP) is 2.65. The maximum atomic E-state index is 11.1. The Morgan fingerprint density at radius 2 is 1.85 bits per heavy atom. The maximum absolute atomic E-state index is 11.1. The molecule has 3 heteroatoms. The van der Waals surface area contributed by atoms with Crippen molar-refractivity contribution < 1.29 is 9.53 Å². The lowest BCUT2D eigenvalue weighted by Crippen LogP contribution is -2.42. The van der Waals surface area contributed by atoms with Gasteiger partial charge in [0, 0.05) is 5.54 Å². The molecule has 1 rings (SSSR count). The van der Waals surface area contributed by atoms with Gasteiger partial charge in [0.15, 0.2) is 0 Å². The Bertz CT molecular complexity index is 172. The number of cyclic esters (lactones) is 1. The minimum absolute atomic E-state index is 0.0433. The summed E-state index contributed by atoms with van der Waals surface area (Å²) >= 11 is 0. The van der Waals surface area contributed by atoms with Crippen molar-refractivity contribution in [3.8, 4) is 0 Å². The number of hydrogen-bond acceptors (Lipinski definition) is 2. The molecule has 0 bridgehead atoms. The lowest BCUT2D eigenvalue weighted by atomic mass is 10.1. The molecule has 1 fully saturated rings. The highest BCUT2D eigenvalue weighted by Crippen LogP contribution is 2.21. The van der Waals surface area contributed by atoms with E-state index in [1.54, 1.807) is 4.90 Å². The summed E-state index contributed by atoms with van der Waals surface area (Å²) in [4.78, 5) is 12.9. The Kier molecular flexibility index (Phi) is 4.24. The second kappa shape index (κ2) is 4.49. The number of carbonyl (C=O) groups excluding carboxylic acids is 1. The highest BCUT2D eigenvalue weighted by molar-refractivity contribution is 5.70. The third-order valence-corrected chi connectivity index (χ3v) is 1.77. The van der Waals surface area contributed by atoms with E-state index in [9.17, 15) is 4.79 Å². The topological polar surface area (TPSA) is 29.5 Å². The van der Waals surface area contributed by atoms with Crippen molar-refractivity contribution in [1.29, 1.82) is 0 Å². The van der Waals surface area contributed by atoms with Crippen LogP contribution in [0.2, 0.25) is 0 Å². The number of rotatable bonds is 0. The summed E-state index contributed by atoms with van der Waals surface area (Å²) in [6.07, 6.45) is -0.147. The average molecular weight is 187 g/mol. The third kappa shape index (κ3) is 3.25. The second-order valence-corrected chi connectivity index (χ2v) is 3.98. The van der Waals surface area contributed by atoms with E-state index < -0.39 is 0 Å². The van der Waals surface area contributed by atoms with Gasteiger partial charge in [0.2, 0.25) is 0 Å². The van der Waals surface area contributed by atoms with E-state index in [-0.39, 0.29) is 17.7 Å². The normalized spacial score (nSPS) is 22.2. The number of ether oxygens (including phenoxy) is 1. The first-order valence-electron chi connectivity index (χ1n) is 4.89. The summed E-state index contributed by atoms with van der Waals surface area (Å²) < 4.78 is 4.99. The quantitative estimate of drug-likeness (QED) is 0.583. The van der Waals surface area contributed by atoms with Gasteiger partial charge in [-0.1, -0.05) is 13.8 Å². The predicted molar refractivity (Wildman–Crippen MR) is 53.8 cm³/mol. The summed E-state index contributed by atoms with van der Waals surface area (Å²) in [5.41, 5.74) is -0.109. The van der Waals surface area contributed by atoms with E-state index in [4.69, 9.17) is 4.74 Å². The fourth-order valence-corrected chi connectivity index (χ4v) is 1.15. The first kappa shape index (κ1) is 12.3. The molecule has 1 atom stereocenters. The van der Waals surface area contributed by atoms with Crippen molar-refractivity contribution >= 4 is 6.09 Å². The van der Waals surface area contributed by atoms with E-state index in [2.05, 4.69) is 0 Å². The Labute approximate surface area is 81.1 Å². The van der Waals surface area contributed by atoms with Crippen molar-refractivity contribution in [2.45, 2.75) is 53.2 Å². The molecule has 1 heterocycles. The van der Waals surface area contributed by atoms with Gasteiger partial charge in [0.25, 0.3) is 0 Å². The Morgan fingerprint density at radius 1 is 1.38 bits per heavy atom. The van der Waals surface area contributed by atoms with Crippen molar-refractivity contribution in [2.75, 3.05) is 6.54 Å². The number of carbonyl (C=O) groups is 1. The zero-order valence-electron chi connectivity index (χ0n) is 9.55. The lowest BCUT2D eigenvalue weighted by molar-refractivity contribution is 0.123. The summed E-state index contributed by atoms with van der Waals surface area (Å²) in [6, 6.07) is 0. The first-order valence-corrected chi connectivity index (χ1v) is 4.89. The standard InChI is InChI=1S/C8H15NO2.C2H6/c1-6-5-9(7(10)11-6)8(2,3)4;1-2/h6H,5H2,1-4H3;1-2H3/t6-;/m0./s1. The fraction of sp³-hybridized carbons (Fsp3) is 0.900. The molecule has 0 unspecified atom stereocenters. The lowest BCUT2D eigenvalue weighted by Gasteiger charge is -2.28. The van der Waals surface area contributed by atoms with E-state index in [1.165, 1.54) is 0 Å². The first-order chi connectivity index (χ1) is 5.91. The molecule has 0 radical (unpaired) electrons. The van der Waals surface area contributed by atoms with Crippen molar-refractivity contribution in [3.63, 3.8) is 0 Å². The molecule has 78 valence electrons. The monoisotopic (exact) mass is 187 g/mol. The molecule has 0 saturated carbocycles. The van der Waals surface area contributed by atoms with Crippen molar-refractivity contribution in [3.05, 3.63) is 0 Å². The molecule has 0 N–H and O–H groups in total. The molecule has 0 aromatic heterocycles. The Hall–Kier alpha value is -0.730. The largest absolute Gasteiger partial charge is 0.444 e. The van der Waals surface area contributed by atoms with Crippen LogP contribution in [-0.2, 0) is 4.74 Å². The number of nitrogens with zero attached hydrogens (tertiary/aromatic N) is 1. The van der Waals surface area contributed by atoms with Crippen molar-refractivity contribution in [1.82, 2.24) is 4.90 Å². The van der Waals surface area contributed by atoms with Gasteiger partial charge in [0.1, 0.15) is 6.10 Å². The van der Waals surface area contributed by atoms with Crippen LogP contribution in [-0.4, -0.2) is 29.2 Å². The van der Waals surface area contributed by atoms with E-state index in [0.29, 0.717) is 6.54 Å². The highest BCUT2D eigenvalue weighted by atomic mass is 16.6. The van der Waals surface area contributed by atoms with Gasteiger partial charge in [-0.2, -0.15) is 0 Å². The minimum atomic E-state index is -0.190. The van der Waals surface area contributed by atoms with Gasteiger partial charge in [-0.3, -0.25) is 4.90 Å². The van der Waals surface area contributed by atoms with E-state index >= 15 is 0 Å². The summed E-state index contributed by atoms with van der Waals surface area (Å²) in [7, 11) is 0. The van der Waals surface area contributed by atoms with E-state index in [1.807, 2.05) is 41.5 Å². The van der Waals surface area contributed by atoms with Crippen LogP contribution in [0.4, 0.5) is 4.79 Å². The maximum Gasteiger partial charge on any atom is 0.410 e. The summed E-state index contributed by atoms with van der Waals surface area (Å²) in [5.74, 6) is 0. The van der Waals surface area contributed by atoms with Crippen LogP contribution in [0.1, 0.15) is 41.5 Å². The van der Waals surface area contributed by atoms with Crippen LogP contribution in [0.25, 0.3) is 0 Å². The number of hydrogen-bond donors (Lipinski definition) is 0. The Balaban J connectivity index is 0.000000671. The van der Waals surface area contributed by atoms with Crippen LogP contribution in [0.15, 0.2) is 0 Å². The van der Waals surface area contributed by atoms with Gasteiger partial charge in [-0.25, -0.2) is 4.79 Å². The van der Waals surface area contributed by atoms with Gasteiger partial charge < -0.3 is 4.74 Å². The van der Waals surface area contributed by atoms with Crippen molar-refractivity contribution in [2.24, 2.45) is 0 Å². The second-order valence-electron chi connectivity index (χ2n) is 3.98. The van der Waals surface area contributed by atoms with Gasteiger partial charge in [0.05, 0.1) is 6.54 Å². The third-order valence-electron chi connectivity index (χ3n) is 1.77. The fourth-order valence-electron chi connectivity index (χ4n) is 1.15. The SMILES string of the molecule is CC.C[C@H]1CN(C(C)(C)C)C(=O)O1. The van der Waals surface area contributed by atoms with Gasteiger partial charge >= 0.3 is 6.09 Å². The van der Waals surface area contributed by atoms with Gasteiger partial charge in [-0.15, -0.1) is 0 Å². The minimum Gasteiger partial charge on any atom is -0.444 e. The highest BCUT2D eigenvalue weighted by Gasteiger charge is 2.35. The molecule has 1 amide bonds. The van der Waals surface area contributed by atoms with Gasteiger partial charge in [-0.05, 0) is 27.7 Å². The molecule has 1 aliphatic rings. The van der Waals surface area contributed by atoms with Crippen LogP contribution in [0.3, 0.4) is 0 Å². The molecule has 1 saturated heterocycles. The summed E-state index contributed by atoms with van der Waals surface area (Å²) in [6.45, 7) is 12.6. The molecule has 13 heavy (non-hydrogen) atoms. The van der Waals surface area contributed by atoms with Crippen LogP contribution >= 0.6 is 0 Å². The zero-order chi connectivity index (χ0) is 10.6. The molecular weight excluding hydrogens is 166 g/mol. The molecular formula is C10H21NO2. The molecule has 3 nitrogen and oxygen atoms in total. The van der Waals surface area contributed by atoms with E-state index in [0.717, 1.165) is 0 Å². The van der Waals surface area contributed by atoms with Crippen LogP contribution in [0, 0.1) is 0 Å². The molecule has 0 aliphatic carbocycles.